The quantitative estimate of drug-likeness (QED) is 0.224. The van der Waals surface area contributed by atoms with Crippen molar-refractivity contribution in [2.75, 3.05) is 26.9 Å². The van der Waals surface area contributed by atoms with Crippen molar-refractivity contribution in [3.8, 4) is 11.5 Å². The fourth-order valence-corrected chi connectivity index (χ4v) is 4.87. The molecule has 1 aliphatic heterocycles. The van der Waals surface area contributed by atoms with Crippen molar-refractivity contribution in [3.63, 3.8) is 0 Å². The van der Waals surface area contributed by atoms with Crippen molar-refractivity contribution in [1.29, 1.82) is 0 Å². The number of aryl methyl sites for hydroxylation is 1. The zero-order valence-electron chi connectivity index (χ0n) is 18.3. The lowest BCUT2D eigenvalue weighted by atomic mass is 10.1. The summed E-state index contributed by atoms with van der Waals surface area (Å²) in [7, 11) is 1.49. The predicted octanol–water partition coefficient (Wildman–Crippen LogP) is 4.91. The molecule has 0 saturated carbocycles. The Morgan fingerprint density at radius 1 is 1.18 bits per heavy atom. The smallest absolute Gasteiger partial charge is 0.344 e. The molecule has 9 heteroatoms. The maximum atomic E-state index is 12.8. The second-order valence-electron chi connectivity index (χ2n) is 7.05. The number of carbonyl (C=O) groups is 3. The highest BCUT2D eigenvalue weighted by Gasteiger charge is 2.34. The predicted molar refractivity (Wildman–Crippen MR) is 135 cm³/mol. The van der Waals surface area contributed by atoms with Gasteiger partial charge < -0.3 is 14.2 Å². The molecule has 0 N–H and O–H groups in total. The Bertz CT molecular complexity index is 1060. The minimum absolute atomic E-state index is 0.235. The summed E-state index contributed by atoms with van der Waals surface area (Å²) < 4.78 is 16.6. The Morgan fingerprint density at radius 3 is 2.64 bits per heavy atom. The van der Waals surface area contributed by atoms with E-state index in [0.29, 0.717) is 38.5 Å². The lowest BCUT2D eigenvalue weighted by Crippen LogP contribution is -2.29. The molecule has 0 spiro atoms. The number of imide groups is 1. The van der Waals surface area contributed by atoms with Crippen LogP contribution in [0, 0.1) is 3.57 Å². The van der Waals surface area contributed by atoms with Crippen LogP contribution in [0.5, 0.6) is 11.5 Å². The number of esters is 1. The number of nitrogens with zero attached hydrogens (tertiary/aromatic N) is 1. The number of methoxy groups -OCH3 is 1. The number of ether oxygens (including phenoxy) is 3. The molecule has 0 bridgehead atoms. The number of amides is 2. The number of halogens is 1. The van der Waals surface area contributed by atoms with Crippen molar-refractivity contribution in [3.05, 3.63) is 62.1 Å². The van der Waals surface area contributed by atoms with E-state index < -0.39 is 5.97 Å². The number of carbonyl (C=O) groups excluding carboxylic acids is 3. The van der Waals surface area contributed by atoms with Crippen LogP contribution in [0.25, 0.3) is 6.08 Å². The second kappa shape index (κ2) is 12.1. The number of hydrogen-bond donors (Lipinski definition) is 0. The molecule has 0 aliphatic carbocycles. The third-order valence-electron chi connectivity index (χ3n) is 4.75. The summed E-state index contributed by atoms with van der Waals surface area (Å²) in [4.78, 5) is 38.5. The summed E-state index contributed by atoms with van der Waals surface area (Å²) in [5, 5.41) is -0.268. The van der Waals surface area contributed by atoms with E-state index >= 15 is 0 Å². The summed E-state index contributed by atoms with van der Waals surface area (Å²) in [6.07, 6.45) is 3.17. The van der Waals surface area contributed by atoms with E-state index in [1.165, 1.54) is 17.6 Å². The zero-order chi connectivity index (χ0) is 23.8. The average Bonchev–Trinajstić information content (AvgIpc) is 3.06. The molecule has 3 rings (SSSR count). The van der Waals surface area contributed by atoms with Gasteiger partial charge in [0.1, 0.15) is 0 Å². The number of rotatable bonds is 10. The first kappa shape index (κ1) is 25.1. The van der Waals surface area contributed by atoms with Crippen molar-refractivity contribution >= 4 is 57.5 Å². The molecule has 1 aliphatic rings. The molecule has 0 radical (unpaired) electrons. The van der Waals surface area contributed by atoms with Gasteiger partial charge in [0.05, 0.1) is 22.2 Å². The molecule has 33 heavy (non-hydrogen) atoms. The molecule has 0 unspecified atom stereocenters. The molecule has 2 amide bonds. The third kappa shape index (κ3) is 6.73. The van der Waals surface area contributed by atoms with Crippen molar-refractivity contribution < 1.29 is 28.6 Å². The Labute approximate surface area is 210 Å². The van der Waals surface area contributed by atoms with Gasteiger partial charge in [-0.15, -0.1) is 0 Å². The van der Waals surface area contributed by atoms with Gasteiger partial charge in [-0.1, -0.05) is 30.3 Å². The normalized spacial score (nSPS) is 14.6. The lowest BCUT2D eigenvalue weighted by molar-refractivity contribution is -0.145. The molecule has 2 aromatic rings. The van der Waals surface area contributed by atoms with E-state index in [-0.39, 0.29) is 24.4 Å². The highest BCUT2D eigenvalue weighted by Crippen LogP contribution is 2.37. The van der Waals surface area contributed by atoms with Crippen molar-refractivity contribution in [2.24, 2.45) is 0 Å². The van der Waals surface area contributed by atoms with Crippen LogP contribution < -0.4 is 9.47 Å². The summed E-state index contributed by atoms with van der Waals surface area (Å²) in [5.74, 6) is 0.0619. The van der Waals surface area contributed by atoms with E-state index in [1.54, 1.807) is 25.1 Å². The zero-order valence-corrected chi connectivity index (χ0v) is 21.3. The standard InChI is InChI=1S/C24H24INO6S/c1-3-31-21(27)15-32-22-18(25)12-17(13-19(22)30-2)14-20-23(28)26(24(29)33-20)11-7-10-16-8-5-4-6-9-16/h4-6,8-9,12-14H,3,7,10-11,15H2,1-2H3/b20-14+. The lowest BCUT2D eigenvalue weighted by Gasteiger charge is -2.13. The van der Waals surface area contributed by atoms with Gasteiger partial charge in [0.15, 0.2) is 18.1 Å². The SMILES string of the molecule is CCOC(=O)COc1c(I)cc(/C=C2/SC(=O)N(CCCc3ccccc3)C2=O)cc1OC. The summed E-state index contributed by atoms with van der Waals surface area (Å²) in [6.45, 7) is 2.14. The highest BCUT2D eigenvalue weighted by atomic mass is 127. The second-order valence-corrected chi connectivity index (χ2v) is 9.21. The van der Waals surface area contributed by atoms with Gasteiger partial charge in [-0.05, 0) is 83.5 Å². The van der Waals surface area contributed by atoms with Gasteiger partial charge in [0, 0.05) is 6.54 Å². The minimum atomic E-state index is -0.472. The van der Waals surface area contributed by atoms with Crippen LogP contribution in [0.3, 0.4) is 0 Å². The average molecular weight is 581 g/mol. The molecular formula is C24H24INO6S. The van der Waals surface area contributed by atoms with E-state index in [1.807, 2.05) is 30.3 Å². The first-order valence-electron chi connectivity index (χ1n) is 10.4. The van der Waals surface area contributed by atoms with Gasteiger partial charge in [-0.2, -0.15) is 0 Å². The fraction of sp³-hybridized carbons (Fsp3) is 0.292. The van der Waals surface area contributed by atoms with Crippen LogP contribution in [0.1, 0.15) is 24.5 Å². The summed E-state index contributed by atoms with van der Waals surface area (Å²) >= 11 is 3.00. The fourth-order valence-electron chi connectivity index (χ4n) is 3.23. The van der Waals surface area contributed by atoms with Crippen LogP contribution in [-0.4, -0.2) is 48.9 Å². The van der Waals surface area contributed by atoms with E-state index in [9.17, 15) is 14.4 Å². The van der Waals surface area contributed by atoms with Gasteiger partial charge in [-0.3, -0.25) is 14.5 Å². The van der Waals surface area contributed by atoms with E-state index in [4.69, 9.17) is 14.2 Å². The largest absolute Gasteiger partial charge is 0.493 e. The Hall–Kier alpha value is -2.53. The molecule has 1 heterocycles. The first-order valence-corrected chi connectivity index (χ1v) is 12.3. The van der Waals surface area contributed by atoms with Gasteiger partial charge >= 0.3 is 5.97 Å². The summed E-state index contributed by atoms with van der Waals surface area (Å²) in [6, 6.07) is 13.5. The van der Waals surface area contributed by atoms with Crippen LogP contribution in [-0.2, 0) is 20.7 Å². The van der Waals surface area contributed by atoms with E-state index in [2.05, 4.69) is 22.6 Å². The maximum Gasteiger partial charge on any atom is 0.344 e. The van der Waals surface area contributed by atoms with Crippen LogP contribution in [0.2, 0.25) is 0 Å². The summed E-state index contributed by atoms with van der Waals surface area (Å²) in [5.41, 5.74) is 1.86. The van der Waals surface area contributed by atoms with Gasteiger partial charge in [0.25, 0.3) is 11.1 Å². The van der Waals surface area contributed by atoms with Gasteiger partial charge in [-0.25, -0.2) is 4.79 Å². The first-order chi connectivity index (χ1) is 15.9. The molecule has 174 valence electrons. The molecule has 0 atom stereocenters. The third-order valence-corrected chi connectivity index (χ3v) is 6.46. The molecular weight excluding hydrogens is 557 g/mol. The highest BCUT2D eigenvalue weighted by molar-refractivity contribution is 14.1. The van der Waals surface area contributed by atoms with E-state index in [0.717, 1.165) is 18.2 Å². The Morgan fingerprint density at radius 2 is 1.94 bits per heavy atom. The topological polar surface area (TPSA) is 82.1 Å². The number of hydrogen-bond acceptors (Lipinski definition) is 7. The molecule has 1 fully saturated rings. The molecule has 1 saturated heterocycles. The van der Waals surface area contributed by atoms with Crippen LogP contribution >= 0.6 is 34.4 Å². The van der Waals surface area contributed by atoms with Crippen LogP contribution in [0.4, 0.5) is 4.79 Å². The molecule has 2 aromatic carbocycles. The van der Waals surface area contributed by atoms with Crippen molar-refractivity contribution in [1.82, 2.24) is 4.90 Å². The maximum absolute atomic E-state index is 12.8. The Balaban J connectivity index is 1.69. The number of thioether (sulfide) groups is 1. The van der Waals surface area contributed by atoms with Crippen molar-refractivity contribution in [2.45, 2.75) is 19.8 Å². The van der Waals surface area contributed by atoms with Crippen LogP contribution in [0.15, 0.2) is 47.4 Å². The van der Waals surface area contributed by atoms with Gasteiger partial charge in [0.2, 0.25) is 0 Å². The monoisotopic (exact) mass is 581 g/mol. The minimum Gasteiger partial charge on any atom is -0.493 e. The Kier molecular flexibility index (Phi) is 9.19. The molecule has 0 aromatic heterocycles. The number of benzene rings is 2. The molecule has 7 nitrogen and oxygen atoms in total.